The number of unbranched alkanes of at least 4 members (excludes halogenated alkanes) is 1. The number of nitrogens with one attached hydrogen (secondary N) is 1. The molecular formula is C18H29N. The average molecular weight is 259 g/mol. The minimum absolute atomic E-state index is 0.539. The van der Waals surface area contributed by atoms with E-state index >= 15 is 0 Å². The van der Waals surface area contributed by atoms with Gasteiger partial charge in [0.05, 0.1) is 0 Å². The van der Waals surface area contributed by atoms with Crippen molar-refractivity contribution in [3.05, 3.63) is 35.9 Å². The molecule has 1 saturated carbocycles. The van der Waals surface area contributed by atoms with Crippen molar-refractivity contribution < 1.29 is 0 Å². The minimum atomic E-state index is 0.539. The van der Waals surface area contributed by atoms with Crippen LogP contribution in [-0.4, -0.2) is 6.04 Å². The van der Waals surface area contributed by atoms with Crippen LogP contribution in [-0.2, 0) is 0 Å². The molecule has 1 unspecified atom stereocenters. The fourth-order valence-electron chi connectivity index (χ4n) is 3.35. The standard InChI is InChI=1S/C18H29N/c1-3-4-14-18(17-12-6-5-7-13-17)19-15(2)16-10-8-9-11-16/h5-7,12-13,15-16,18-19H,3-4,8-11,14H2,1-2H3/t15-,18?/m0/s1. The van der Waals surface area contributed by atoms with Gasteiger partial charge in [-0.1, -0.05) is 62.9 Å². The Bertz CT molecular complexity index is 340. The van der Waals surface area contributed by atoms with E-state index in [-0.39, 0.29) is 0 Å². The van der Waals surface area contributed by atoms with Crippen LogP contribution in [0.25, 0.3) is 0 Å². The molecule has 1 aromatic rings. The summed E-state index contributed by atoms with van der Waals surface area (Å²) in [4.78, 5) is 0. The van der Waals surface area contributed by atoms with E-state index < -0.39 is 0 Å². The molecular weight excluding hydrogens is 230 g/mol. The first-order chi connectivity index (χ1) is 9.31. The molecule has 1 aromatic carbocycles. The molecule has 2 rings (SSSR count). The second-order valence-electron chi connectivity index (χ2n) is 6.11. The highest BCUT2D eigenvalue weighted by Crippen LogP contribution is 2.29. The molecule has 106 valence electrons. The molecule has 0 heterocycles. The van der Waals surface area contributed by atoms with Gasteiger partial charge in [0.25, 0.3) is 0 Å². The van der Waals surface area contributed by atoms with Crippen LogP contribution >= 0.6 is 0 Å². The van der Waals surface area contributed by atoms with Crippen molar-refractivity contribution >= 4 is 0 Å². The summed E-state index contributed by atoms with van der Waals surface area (Å²) in [5, 5.41) is 3.91. The quantitative estimate of drug-likeness (QED) is 0.719. The lowest BCUT2D eigenvalue weighted by Gasteiger charge is -2.27. The second-order valence-corrected chi connectivity index (χ2v) is 6.11. The van der Waals surface area contributed by atoms with Gasteiger partial charge in [-0.3, -0.25) is 0 Å². The SMILES string of the molecule is CCCCC(N[C@@H](C)C1CCCC1)c1ccccc1. The molecule has 1 aliphatic rings. The zero-order chi connectivity index (χ0) is 13.5. The Morgan fingerprint density at radius 3 is 2.47 bits per heavy atom. The van der Waals surface area contributed by atoms with Crippen molar-refractivity contribution in [2.24, 2.45) is 5.92 Å². The largest absolute Gasteiger partial charge is 0.307 e. The normalized spacial score (nSPS) is 19.5. The average Bonchev–Trinajstić information content (AvgIpc) is 2.98. The van der Waals surface area contributed by atoms with E-state index in [0.29, 0.717) is 12.1 Å². The molecule has 0 aromatic heterocycles. The molecule has 0 spiro atoms. The van der Waals surface area contributed by atoms with E-state index in [9.17, 15) is 0 Å². The lowest BCUT2D eigenvalue weighted by Crippen LogP contribution is -2.35. The minimum Gasteiger partial charge on any atom is -0.307 e. The molecule has 0 radical (unpaired) electrons. The topological polar surface area (TPSA) is 12.0 Å². The van der Waals surface area contributed by atoms with Crippen LogP contribution in [0, 0.1) is 5.92 Å². The predicted octanol–water partition coefficient (Wildman–Crippen LogP) is 5.09. The van der Waals surface area contributed by atoms with E-state index in [1.54, 1.807) is 0 Å². The maximum Gasteiger partial charge on any atom is 0.0322 e. The highest BCUT2D eigenvalue weighted by Gasteiger charge is 2.23. The molecule has 1 fully saturated rings. The molecule has 1 N–H and O–H groups in total. The van der Waals surface area contributed by atoms with Gasteiger partial charge in [0.15, 0.2) is 0 Å². The summed E-state index contributed by atoms with van der Waals surface area (Å²) >= 11 is 0. The third-order valence-electron chi connectivity index (χ3n) is 4.62. The number of benzene rings is 1. The first-order valence-electron chi connectivity index (χ1n) is 8.12. The van der Waals surface area contributed by atoms with Crippen LogP contribution in [0.3, 0.4) is 0 Å². The molecule has 1 nitrogen and oxygen atoms in total. The molecule has 2 atom stereocenters. The lowest BCUT2D eigenvalue weighted by molar-refractivity contribution is 0.331. The van der Waals surface area contributed by atoms with Gasteiger partial charge in [0.1, 0.15) is 0 Å². The van der Waals surface area contributed by atoms with Crippen molar-refractivity contribution in [2.75, 3.05) is 0 Å². The summed E-state index contributed by atoms with van der Waals surface area (Å²) < 4.78 is 0. The maximum atomic E-state index is 3.91. The summed E-state index contributed by atoms with van der Waals surface area (Å²) in [6.45, 7) is 4.67. The van der Waals surface area contributed by atoms with E-state index in [1.165, 1.54) is 50.5 Å². The Morgan fingerprint density at radius 2 is 1.84 bits per heavy atom. The van der Waals surface area contributed by atoms with Gasteiger partial charge in [-0.15, -0.1) is 0 Å². The predicted molar refractivity (Wildman–Crippen MR) is 83.3 cm³/mol. The van der Waals surface area contributed by atoms with E-state index in [0.717, 1.165) is 5.92 Å². The van der Waals surface area contributed by atoms with Crippen LogP contribution in [0.4, 0.5) is 0 Å². The first-order valence-corrected chi connectivity index (χ1v) is 8.12. The highest BCUT2D eigenvalue weighted by atomic mass is 15.0. The zero-order valence-corrected chi connectivity index (χ0v) is 12.6. The zero-order valence-electron chi connectivity index (χ0n) is 12.6. The summed E-state index contributed by atoms with van der Waals surface area (Å²) in [5.74, 6) is 0.896. The van der Waals surface area contributed by atoms with Gasteiger partial charge in [-0.25, -0.2) is 0 Å². The van der Waals surface area contributed by atoms with E-state index in [2.05, 4.69) is 49.5 Å². The van der Waals surface area contributed by atoms with Gasteiger partial charge in [0.2, 0.25) is 0 Å². The van der Waals surface area contributed by atoms with Gasteiger partial charge >= 0.3 is 0 Å². The third-order valence-corrected chi connectivity index (χ3v) is 4.62. The van der Waals surface area contributed by atoms with Gasteiger partial charge in [-0.05, 0) is 37.7 Å². The number of hydrogen-bond donors (Lipinski definition) is 1. The number of rotatable bonds is 7. The highest BCUT2D eigenvalue weighted by molar-refractivity contribution is 5.19. The second kappa shape index (κ2) is 7.69. The van der Waals surface area contributed by atoms with Gasteiger partial charge in [0, 0.05) is 12.1 Å². The summed E-state index contributed by atoms with van der Waals surface area (Å²) in [6.07, 6.45) is 9.56. The Labute approximate surface area is 118 Å². The van der Waals surface area contributed by atoms with Crippen LogP contribution in [0.15, 0.2) is 30.3 Å². The van der Waals surface area contributed by atoms with Gasteiger partial charge in [-0.2, -0.15) is 0 Å². The molecule has 0 aliphatic heterocycles. The third kappa shape index (κ3) is 4.35. The molecule has 0 amide bonds. The first kappa shape index (κ1) is 14.6. The van der Waals surface area contributed by atoms with Crippen molar-refractivity contribution in [3.8, 4) is 0 Å². The maximum absolute atomic E-state index is 3.91. The molecule has 0 saturated heterocycles. The molecule has 0 bridgehead atoms. The Balaban J connectivity index is 1.96. The van der Waals surface area contributed by atoms with Crippen LogP contribution in [0.5, 0.6) is 0 Å². The van der Waals surface area contributed by atoms with Crippen LogP contribution in [0.1, 0.15) is 70.4 Å². The monoisotopic (exact) mass is 259 g/mol. The van der Waals surface area contributed by atoms with Gasteiger partial charge < -0.3 is 5.32 Å². The van der Waals surface area contributed by atoms with Crippen molar-refractivity contribution in [1.82, 2.24) is 5.32 Å². The Kier molecular flexibility index (Phi) is 5.91. The van der Waals surface area contributed by atoms with Crippen molar-refractivity contribution in [1.29, 1.82) is 0 Å². The summed E-state index contributed by atoms with van der Waals surface area (Å²) in [5.41, 5.74) is 1.46. The Morgan fingerprint density at radius 1 is 1.16 bits per heavy atom. The molecule has 19 heavy (non-hydrogen) atoms. The summed E-state index contributed by atoms with van der Waals surface area (Å²) in [7, 11) is 0. The lowest BCUT2D eigenvalue weighted by atomic mass is 9.95. The Hall–Kier alpha value is -0.820. The van der Waals surface area contributed by atoms with Crippen molar-refractivity contribution in [3.63, 3.8) is 0 Å². The van der Waals surface area contributed by atoms with E-state index in [4.69, 9.17) is 0 Å². The van der Waals surface area contributed by atoms with Crippen LogP contribution in [0.2, 0.25) is 0 Å². The van der Waals surface area contributed by atoms with E-state index in [1.807, 2.05) is 0 Å². The molecule has 1 aliphatic carbocycles. The number of hydrogen-bond acceptors (Lipinski definition) is 1. The fraction of sp³-hybridized carbons (Fsp3) is 0.667. The summed E-state index contributed by atoms with van der Waals surface area (Å²) in [6, 6.07) is 12.2. The molecule has 1 heteroatoms. The fourth-order valence-corrected chi connectivity index (χ4v) is 3.35. The van der Waals surface area contributed by atoms with Crippen LogP contribution < -0.4 is 5.32 Å². The van der Waals surface area contributed by atoms with Crippen molar-refractivity contribution in [2.45, 2.75) is 70.9 Å². The smallest absolute Gasteiger partial charge is 0.0322 e.